The van der Waals surface area contributed by atoms with Gasteiger partial charge in [-0.1, -0.05) is 22.9 Å². The number of rotatable bonds is 4. The summed E-state index contributed by atoms with van der Waals surface area (Å²) in [7, 11) is 0. The molecule has 1 heterocycles. The lowest BCUT2D eigenvalue weighted by molar-refractivity contribution is 0.169. The minimum Gasteiger partial charge on any atom is -0.453 e. The fourth-order valence-electron chi connectivity index (χ4n) is 1.54. The van der Waals surface area contributed by atoms with Gasteiger partial charge in [-0.3, -0.25) is 4.98 Å². The van der Waals surface area contributed by atoms with Gasteiger partial charge in [0.25, 0.3) is 0 Å². The van der Waals surface area contributed by atoms with E-state index in [1.807, 2.05) is 6.92 Å². The summed E-state index contributed by atoms with van der Waals surface area (Å²) in [5.74, 6) is 0.106. The first-order valence-corrected chi connectivity index (χ1v) is 6.66. The Morgan fingerprint density at radius 1 is 1.37 bits per heavy atom. The molecule has 0 aliphatic rings. The third-order valence-electron chi connectivity index (χ3n) is 2.61. The summed E-state index contributed by atoms with van der Waals surface area (Å²) in [6.45, 7) is 1.87. The van der Waals surface area contributed by atoms with Gasteiger partial charge in [0.2, 0.25) is 0 Å². The predicted molar refractivity (Wildman–Crippen MR) is 73.7 cm³/mol. The predicted octanol–water partition coefficient (Wildman–Crippen LogP) is 4.22. The third-order valence-corrected chi connectivity index (χ3v) is 3.10. The lowest BCUT2D eigenvalue weighted by Crippen LogP contribution is -1.98. The van der Waals surface area contributed by atoms with Crippen molar-refractivity contribution in [3.05, 3.63) is 52.5 Å². The van der Waals surface area contributed by atoms with E-state index in [1.54, 1.807) is 18.2 Å². The number of ether oxygens (including phenoxy) is 1. The van der Waals surface area contributed by atoms with Gasteiger partial charge in [-0.25, -0.2) is 4.39 Å². The summed E-state index contributed by atoms with van der Waals surface area (Å²) in [4.78, 5) is 4.09. The molecular weight excluding hydrogens is 313 g/mol. The molecule has 0 radical (unpaired) electrons. The number of halogens is 2. The van der Waals surface area contributed by atoms with Crippen LogP contribution in [0.2, 0.25) is 0 Å². The van der Waals surface area contributed by atoms with Crippen molar-refractivity contribution in [2.75, 3.05) is 0 Å². The molecule has 0 bridgehead atoms. The molecule has 0 amide bonds. The molecule has 5 heteroatoms. The molecule has 0 spiro atoms. The first-order valence-electron chi connectivity index (χ1n) is 5.87. The van der Waals surface area contributed by atoms with E-state index in [1.165, 1.54) is 18.3 Å². The Balaban J connectivity index is 2.15. The maximum Gasteiger partial charge on any atom is 0.166 e. The number of hydrogen-bond acceptors (Lipinski definition) is 3. The van der Waals surface area contributed by atoms with Crippen molar-refractivity contribution >= 4 is 15.9 Å². The number of nitrogens with zero attached hydrogens (tertiary/aromatic N) is 1. The van der Waals surface area contributed by atoms with Crippen molar-refractivity contribution < 1.29 is 14.2 Å². The van der Waals surface area contributed by atoms with Gasteiger partial charge in [-0.15, -0.1) is 0 Å². The summed E-state index contributed by atoms with van der Waals surface area (Å²) in [6.07, 6.45) is 1.48. The van der Waals surface area contributed by atoms with Crippen molar-refractivity contribution in [3.8, 4) is 11.5 Å². The van der Waals surface area contributed by atoms with Crippen molar-refractivity contribution in [1.82, 2.24) is 4.98 Å². The van der Waals surface area contributed by atoms with E-state index in [-0.39, 0.29) is 5.75 Å². The molecule has 0 fully saturated rings. The number of aliphatic hydroxyl groups excluding tert-OH is 1. The average molecular weight is 326 g/mol. The highest BCUT2D eigenvalue weighted by Gasteiger charge is 2.08. The minimum absolute atomic E-state index is 0.133. The van der Waals surface area contributed by atoms with Gasteiger partial charge in [0.1, 0.15) is 5.75 Å². The molecule has 0 saturated carbocycles. The Morgan fingerprint density at radius 2 is 2.16 bits per heavy atom. The molecule has 0 saturated heterocycles. The van der Waals surface area contributed by atoms with Crippen LogP contribution >= 0.6 is 15.9 Å². The van der Waals surface area contributed by atoms with Crippen LogP contribution in [0.4, 0.5) is 4.39 Å². The Morgan fingerprint density at radius 3 is 2.74 bits per heavy atom. The highest BCUT2D eigenvalue weighted by molar-refractivity contribution is 9.10. The maximum atomic E-state index is 13.6. The van der Waals surface area contributed by atoms with Gasteiger partial charge < -0.3 is 9.84 Å². The van der Waals surface area contributed by atoms with Crippen LogP contribution in [-0.4, -0.2) is 10.1 Å². The van der Waals surface area contributed by atoms with Crippen LogP contribution in [0.5, 0.6) is 11.5 Å². The smallest absolute Gasteiger partial charge is 0.166 e. The molecule has 2 rings (SSSR count). The van der Waals surface area contributed by atoms with Crippen LogP contribution in [0.1, 0.15) is 25.1 Å². The van der Waals surface area contributed by atoms with E-state index in [0.29, 0.717) is 22.3 Å². The number of aromatic nitrogens is 1. The van der Waals surface area contributed by atoms with Gasteiger partial charge in [0.05, 0.1) is 18.0 Å². The SMILES string of the molecule is CC[C@@H](O)c1ccc(Oc2ccc(Br)cc2F)cn1. The Bertz CT molecular complexity index is 560. The fraction of sp³-hybridized carbons (Fsp3) is 0.214. The summed E-state index contributed by atoms with van der Waals surface area (Å²) >= 11 is 3.18. The van der Waals surface area contributed by atoms with E-state index in [4.69, 9.17) is 4.74 Å². The molecular formula is C14H13BrFNO2. The molecule has 1 aromatic carbocycles. The first-order chi connectivity index (χ1) is 9.10. The normalized spacial score (nSPS) is 12.2. The van der Waals surface area contributed by atoms with Gasteiger partial charge in [0.15, 0.2) is 11.6 Å². The van der Waals surface area contributed by atoms with Crippen LogP contribution in [0.15, 0.2) is 41.0 Å². The van der Waals surface area contributed by atoms with Crippen LogP contribution in [-0.2, 0) is 0 Å². The van der Waals surface area contributed by atoms with Crippen LogP contribution < -0.4 is 4.74 Å². The molecule has 1 N–H and O–H groups in total. The monoisotopic (exact) mass is 325 g/mol. The number of aliphatic hydroxyl groups is 1. The standard InChI is InChI=1S/C14H13BrFNO2/c1-2-13(18)12-5-4-10(8-17-12)19-14-6-3-9(15)7-11(14)16/h3-8,13,18H,2H2,1H3/t13-/m1/s1. The number of benzene rings is 1. The topological polar surface area (TPSA) is 42.4 Å². The summed E-state index contributed by atoms with van der Waals surface area (Å²) in [5.41, 5.74) is 0.575. The fourth-order valence-corrected chi connectivity index (χ4v) is 1.88. The highest BCUT2D eigenvalue weighted by Crippen LogP contribution is 2.27. The quantitative estimate of drug-likeness (QED) is 0.915. The van der Waals surface area contributed by atoms with Crippen molar-refractivity contribution in [3.63, 3.8) is 0 Å². The lowest BCUT2D eigenvalue weighted by atomic mass is 10.2. The zero-order valence-corrected chi connectivity index (χ0v) is 11.9. The maximum absolute atomic E-state index is 13.6. The molecule has 0 unspecified atom stereocenters. The van der Waals surface area contributed by atoms with E-state index in [0.717, 1.165) is 0 Å². The van der Waals surface area contributed by atoms with Gasteiger partial charge in [-0.2, -0.15) is 0 Å². The zero-order valence-electron chi connectivity index (χ0n) is 10.3. The summed E-state index contributed by atoms with van der Waals surface area (Å²) in [5, 5.41) is 9.62. The van der Waals surface area contributed by atoms with Crippen molar-refractivity contribution in [2.45, 2.75) is 19.4 Å². The van der Waals surface area contributed by atoms with E-state index < -0.39 is 11.9 Å². The van der Waals surface area contributed by atoms with E-state index >= 15 is 0 Å². The molecule has 0 aliphatic carbocycles. The molecule has 19 heavy (non-hydrogen) atoms. The molecule has 1 atom stereocenters. The molecule has 3 nitrogen and oxygen atoms in total. The molecule has 0 aliphatic heterocycles. The third kappa shape index (κ3) is 3.52. The van der Waals surface area contributed by atoms with E-state index in [2.05, 4.69) is 20.9 Å². The van der Waals surface area contributed by atoms with Gasteiger partial charge in [-0.05, 0) is 36.8 Å². The second-order valence-corrected chi connectivity index (χ2v) is 4.94. The highest BCUT2D eigenvalue weighted by atomic mass is 79.9. The summed E-state index contributed by atoms with van der Waals surface area (Å²) in [6, 6.07) is 7.89. The number of pyridine rings is 1. The summed E-state index contributed by atoms with van der Waals surface area (Å²) < 4.78 is 19.6. The van der Waals surface area contributed by atoms with Crippen molar-refractivity contribution in [1.29, 1.82) is 0 Å². The Hall–Kier alpha value is -1.46. The molecule has 1 aromatic heterocycles. The minimum atomic E-state index is -0.585. The zero-order chi connectivity index (χ0) is 13.8. The van der Waals surface area contributed by atoms with Crippen LogP contribution in [0.3, 0.4) is 0 Å². The van der Waals surface area contributed by atoms with Crippen LogP contribution in [0, 0.1) is 5.82 Å². The second kappa shape index (κ2) is 6.12. The van der Waals surface area contributed by atoms with Gasteiger partial charge >= 0.3 is 0 Å². The van der Waals surface area contributed by atoms with Crippen molar-refractivity contribution in [2.24, 2.45) is 0 Å². The first kappa shape index (κ1) is 14.0. The Kier molecular flexibility index (Phi) is 4.50. The molecule has 100 valence electrons. The lowest BCUT2D eigenvalue weighted by Gasteiger charge is -2.09. The van der Waals surface area contributed by atoms with E-state index in [9.17, 15) is 9.50 Å². The van der Waals surface area contributed by atoms with Gasteiger partial charge in [0, 0.05) is 4.47 Å². The second-order valence-electron chi connectivity index (χ2n) is 4.02. The molecule has 2 aromatic rings. The average Bonchev–Trinajstić information content (AvgIpc) is 2.42. The van der Waals surface area contributed by atoms with Crippen LogP contribution in [0.25, 0.3) is 0 Å². The Labute approximate surface area is 119 Å². The largest absolute Gasteiger partial charge is 0.453 e. The number of hydrogen-bond donors (Lipinski definition) is 1.